The van der Waals surface area contributed by atoms with Gasteiger partial charge < -0.3 is 9.47 Å². The van der Waals surface area contributed by atoms with E-state index < -0.39 is 0 Å². The van der Waals surface area contributed by atoms with Crippen molar-refractivity contribution in [3.63, 3.8) is 0 Å². The molecule has 0 aromatic heterocycles. The molecule has 0 unspecified atom stereocenters. The molecule has 0 N–H and O–H groups in total. The largest absolute Gasteiger partial charge is 0.493 e. The Labute approximate surface area is 92.9 Å². The van der Waals surface area contributed by atoms with Crippen LogP contribution in [0.5, 0.6) is 5.75 Å². The van der Waals surface area contributed by atoms with Crippen LogP contribution in [0.1, 0.15) is 25.0 Å². The number of hydrogen-bond acceptors (Lipinski definition) is 3. The lowest BCUT2D eigenvalue weighted by Gasteiger charge is -2.25. The highest BCUT2D eigenvalue weighted by atomic mass is 35.5. The quantitative estimate of drug-likeness (QED) is 0.691. The van der Waals surface area contributed by atoms with Gasteiger partial charge in [0.05, 0.1) is 6.61 Å². The van der Waals surface area contributed by atoms with Gasteiger partial charge in [-0.15, -0.1) is 0 Å². The fraction of sp³-hybridized carbons (Fsp3) is 0.364. The molecule has 1 heterocycles. The number of halogens is 1. The Bertz CT molecular complexity index is 389. The average Bonchev–Trinajstić information content (AvgIpc) is 2.18. The van der Waals surface area contributed by atoms with Crippen LogP contribution in [0.2, 0.25) is 5.02 Å². The third-order valence-electron chi connectivity index (χ3n) is 2.26. The molecular formula is C11H11ClO3. The number of hydrogen-bond donors (Lipinski definition) is 0. The number of carbonyl (C=O) groups excluding carboxylic acids is 1. The first kappa shape index (κ1) is 10.3. The molecule has 1 aromatic carbocycles. The van der Waals surface area contributed by atoms with E-state index in [1.807, 2.05) is 0 Å². The molecular weight excluding hydrogens is 216 g/mol. The topological polar surface area (TPSA) is 35.5 Å². The molecule has 15 heavy (non-hydrogen) atoms. The van der Waals surface area contributed by atoms with Gasteiger partial charge in [0.15, 0.2) is 0 Å². The van der Waals surface area contributed by atoms with Crippen molar-refractivity contribution in [2.45, 2.75) is 19.4 Å². The van der Waals surface area contributed by atoms with Crippen molar-refractivity contribution >= 4 is 17.6 Å². The van der Waals surface area contributed by atoms with Gasteiger partial charge in [-0.3, -0.25) is 4.79 Å². The maximum absolute atomic E-state index is 10.9. The molecule has 0 saturated carbocycles. The van der Waals surface area contributed by atoms with Gasteiger partial charge in [0.1, 0.15) is 11.9 Å². The number of ether oxygens (including phenoxy) is 2. The van der Waals surface area contributed by atoms with Crippen LogP contribution < -0.4 is 4.74 Å². The zero-order valence-electron chi connectivity index (χ0n) is 8.33. The van der Waals surface area contributed by atoms with Gasteiger partial charge in [0.2, 0.25) is 0 Å². The molecule has 1 aliphatic heterocycles. The standard InChI is InChI=1S/C11H11ClO3/c1-7(13)15-11-4-5-14-10-3-2-8(12)6-9(10)11/h2-3,6,11H,4-5H2,1H3/t11-/m1/s1. The van der Waals surface area contributed by atoms with Crippen LogP contribution in [-0.2, 0) is 9.53 Å². The number of benzene rings is 1. The van der Waals surface area contributed by atoms with Gasteiger partial charge in [-0.1, -0.05) is 11.6 Å². The summed E-state index contributed by atoms with van der Waals surface area (Å²) in [6.45, 7) is 1.96. The summed E-state index contributed by atoms with van der Waals surface area (Å²) in [4.78, 5) is 10.9. The summed E-state index contributed by atoms with van der Waals surface area (Å²) in [7, 11) is 0. The van der Waals surface area contributed by atoms with Crippen LogP contribution in [0.4, 0.5) is 0 Å². The predicted octanol–water partition coefficient (Wildman–Crippen LogP) is 2.73. The molecule has 3 nitrogen and oxygen atoms in total. The molecule has 0 spiro atoms. The Kier molecular flexibility index (Phi) is 2.82. The maximum Gasteiger partial charge on any atom is 0.303 e. The highest BCUT2D eigenvalue weighted by Crippen LogP contribution is 2.36. The third-order valence-corrected chi connectivity index (χ3v) is 2.50. The van der Waals surface area contributed by atoms with E-state index in [1.165, 1.54) is 6.92 Å². The molecule has 1 aromatic rings. The molecule has 4 heteroatoms. The van der Waals surface area contributed by atoms with E-state index in [4.69, 9.17) is 21.1 Å². The van der Waals surface area contributed by atoms with Crippen LogP contribution in [-0.4, -0.2) is 12.6 Å². The molecule has 1 aliphatic rings. The molecule has 0 bridgehead atoms. The minimum Gasteiger partial charge on any atom is -0.493 e. The van der Waals surface area contributed by atoms with Gasteiger partial charge >= 0.3 is 5.97 Å². The normalized spacial score (nSPS) is 18.9. The van der Waals surface area contributed by atoms with Crippen molar-refractivity contribution in [1.82, 2.24) is 0 Å². The van der Waals surface area contributed by atoms with Crippen LogP contribution >= 0.6 is 11.6 Å². The zero-order chi connectivity index (χ0) is 10.8. The third kappa shape index (κ3) is 2.23. The number of fused-ring (bicyclic) bond motifs is 1. The van der Waals surface area contributed by atoms with Gasteiger partial charge in [-0.2, -0.15) is 0 Å². The Morgan fingerprint density at radius 3 is 3.13 bits per heavy atom. The van der Waals surface area contributed by atoms with Crippen molar-refractivity contribution in [2.75, 3.05) is 6.61 Å². The minimum absolute atomic E-state index is 0.232. The second kappa shape index (κ2) is 4.11. The fourth-order valence-electron chi connectivity index (χ4n) is 1.66. The smallest absolute Gasteiger partial charge is 0.303 e. The van der Waals surface area contributed by atoms with E-state index in [9.17, 15) is 4.79 Å². The lowest BCUT2D eigenvalue weighted by atomic mass is 10.0. The molecule has 0 radical (unpaired) electrons. The summed E-state index contributed by atoms with van der Waals surface area (Å²) in [5.74, 6) is 0.463. The van der Waals surface area contributed by atoms with Crippen molar-refractivity contribution in [1.29, 1.82) is 0 Å². The van der Waals surface area contributed by atoms with E-state index in [1.54, 1.807) is 18.2 Å². The van der Waals surface area contributed by atoms with Gasteiger partial charge in [-0.25, -0.2) is 0 Å². The van der Waals surface area contributed by atoms with Gasteiger partial charge in [0.25, 0.3) is 0 Å². The van der Waals surface area contributed by atoms with Crippen LogP contribution in [0.25, 0.3) is 0 Å². The molecule has 1 atom stereocenters. The Balaban J connectivity index is 2.32. The van der Waals surface area contributed by atoms with Crippen LogP contribution in [0.15, 0.2) is 18.2 Å². The lowest BCUT2D eigenvalue weighted by Crippen LogP contribution is -2.18. The van der Waals surface area contributed by atoms with Crippen LogP contribution in [0, 0.1) is 0 Å². The second-order valence-electron chi connectivity index (χ2n) is 3.42. The summed E-state index contributed by atoms with van der Waals surface area (Å²) < 4.78 is 10.6. The van der Waals surface area contributed by atoms with Crippen molar-refractivity contribution in [2.24, 2.45) is 0 Å². The predicted molar refractivity (Wildman–Crippen MR) is 56.1 cm³/mol. The molecule has 80 valence electrons. The molecule has 0 saturated heterocycles. The fourth-order valence-corrected chi connectivity index (χ4v) is 1.84. The SMILES string of the molecule is CC(=O)O[C@@H]1CCOc2ccc(Cl)cc21. The van der Waals surface area contributed by atoms with Crippen molar-refractivity contribution in [3.05, 3.63) is 28.8 Å². The summed E-state index contributed by atoms with van der Waals surface area (Å²) in [5.41, 5.74) is 0.851. The van der Waals surface area contributed by atoms with Gasteiger partial charge in [-0.05, 0) is 18.2 Å². The molecule has 0 fully saturated rings. The van der Waals surface area contributed by atoms with E-state index in [0.717, 1.165) is 11.3 Å². The second-order valence-corrected chi connectivity index (χ2v) is 3.85. The van der Waals surface area contributed by atoms with Crippen molar-refractivity contribution in [3.8, 4) is 5.75 Å². The summed E-state index contributed by atoms with van der Waals surface area (Å²) in [6, 6.07) is 5.34. The van der Waals surface area contributed by atoms with E-state index in [0.29, 0.717) is 18.1 Å². The van der Waals surface area contributed by atoms with E-state index >= 15 is 0 Å². The Morgan fingerprint density at radius 2 is 2.40 bits per heavy atom. The monoisotopic (exact) mass is 226 g/mol. The zero-order valence-corrected chi connectivity index (χ0v) is 9.08. The minimum atomic E-state index is -0.284. The highest BCUT2D eigenvalue weighted by Gasteiger charge is 2.23. The summed E-state index contributed by atoms with van der Waals surface area (Å²) in [6.07, 6.45) is 0.442. The first-order valence-corrected chi connectivity index (χ1v) is 5.14. The lowest BCUT2D eigenvalue weighted by molar-refractivity contribution is -0.147. The van der Waals surface area contributed by atoms with E-state index in [2.05, 4.69) is 0 Å². The molecule has 0 aliphatic carbocycles. The average molecular weight is 227 g/mol. The Hall–Kier alpha value is -1.22. The van der Waals surface area contributed by atoms with E-state index in [-0.39, 0.29) is 12.1 Å². The summed E-state index contributed by atoms with van der Waals surface area (Å²) >= 11 is 5.88. The first-order chi connectivity index (χ1) is 7.16. The van der Waals surface area contributed by atoms with Crippen molar-refractivity contribution < 1.29 is 14.3 Å². The number of carbonyl (C=O) groups is 1. The highest BCUT2D eigenvalue weighted by molar-refractivity contribution is 6.30. The van der Waals surface area contributed by atoms with Gasteiger partial charge in [0, 0.05) is 23.9 Å². The molecule has 2 rings (SSSR count). The number of esters is 1. The Morgan fingerprint density at radius 1 is 1.60 bits per heavy atom. The maximum atomic E-state index is 10.9. The number of rotatable bonds is 1. The summed E-state index contributed by atoms with van der Waals surface area (Å²) in [5, 5.41) is 0.622. The molecule has 0 amide bonds. The first-order valence-electron chi connectivity index (χ1n) is 4.76. The van der Waals surface area contributed by atoms with Crippen LogP contribution in [0.3, 0.4) is 0 Å².